The van der Waals surface area contributed by atoms with Crippen LogP contribution in [0.2, 0.25) is 0 Å². The van der Waals surface area contributed by atoms with Crippen molar-refractivity contribution in [1.82, 2.24) is 19.3 Å². The van der Waals surface area contributed by atoms with E-state index < -0.39 is 5.97 Å². The predicted molar refractivity (Wildman–Crippen MR) is 80.3 cm³/mol. The van der Waals surface area contributed by atoms with Crippen molar-refractivity contribution in [3.8, 4) is 0 Å². The average Bonchev–Trinajstić information content (AvgIpc) is 2.79. The molecule has 1 N–H and O–H groups in total. The second-order valence-corrected chi connectivity index (χ2v) is 5.50. The molecule has 0 aliphatic heterocycles. The number of rotatable bonds is 6. The Morgan fingerprint density at radius 1 is 1.43 bits per heavy atom. The van der Waals surface area contributed by atoms with Crippen LogP contribution in [-0.4, -0.2) is 42.9 Å². The minimum atomic E-state index is -0.816. The van der Waals surface area contributed by atoms with Gasteiger partial charge in [0.05, 0.1) is 12.2 Å². The molecule has 21 heavy (non-hydrogen) atoms. The summed E-state index contributed by atoms with van der Waals surface area (Å²) in [6.07, 6.45) is 2.84. The average molecular weight is 290 g/mol. The first-order valence-corrected chi connectivity index (χ1v) is 7.18. The summed E-state index contributed by atoms with van der Waals surface area (Å²) in [5, 5.41) is 9.05. The zero-order valence-corrected chi connectivity index (χ0v) is 13.0. The van der Waals surface area contributed by atoms with E-state index in [-0.39, 0.29) is 12.6 Å². The first-order chi connectivity index (χ1) is 9.90. The Labute approximate surface area is 124 Å². The second kappa shape index (κ2) is 6.22. The van der Waals surface area contributed by atoms with E-state index in [1.807, 2.05) is 42.3 Å². The van der Waals surface area contributed by atoms with Crippen LogP contribution in [0.3, 0.4) is 0 Å². The quantitative estimate of drug-likeness (QED) is 0.881. The van der Waals surface area contributed by atoms with Crippen LogP contribution >= 0.6 is 0 Å². The van der Waals surface area contributed by atoms with Crippen molar-refractivity contribution in [2.24, 2.45) is 0 Å². The van der Waals surface area contributed by atoms with Gasteiger partial charge in [-0.15, -0.1) is 0 Å². The highest BCUT2D eigenvalue weighted by atomic mass is 16.4. The highest BCUT2D eigenvalue weighted by molar-refractivity contribution is 5.69. The van der Waals surface area contributed by atoms with Gasteiger partial charge in [-0.05, 0) is 33.3 Å². The standard InChI is InChI=1S/C15H22N4O2/c1-5-11(3)18(9-14(20)21)7-13-8-19-12(4)6-10(2)16-15(19)17-13/h6,8,11H,5,7,9H2,1-4H3,(H,20,21). The topological polar surface area (TPSA) is 70.7 Å². The number of aromatic nitrogens is 3. The van der Waals surface area contributed by atoms with Crippen LogP contribution in [0.25, 0.3) is 5.78 Å². The normalized spacial score (nSPS) is 13.0. The molecule has 0 saturated carbocycles. The number of aryl methyl sites for hydroxylation is 2. The lowest BCUT2D eigenvalue weighted by atomic mass is 10.2. The summed E-state index contributed by atoms with van der Waals surface area (Å²) in [4.78, 5) is 21.9. The molecule has 0 aliphatic carbocycles. The van der Waals surface area contributed by atoms with E-state index in [2.05, 4.69) is 16.9 Å². The van der Waals surface area contributed by atoms with Gasteiger partial charge in [-0.2, -0.15) is 0 Å². The van der Waals surface area contributed by atoms with E-state index in [1.165, 1.54) is 0 Å². The molecule has 0 fully saturated rings. The Bertz CT molecular complexity index is 650. The van der Waals surface area contributed by atoms with Crippen molar-refractivity contribution < 1.29 is 9.90 Å². The van der Waals surface area contributed by atoms with Crippen molar-refractivity contribution in [1.29, 1.82) is 0 Å². The zero-order chi connectivity index (χ0) is 15.6. The lowest BCUT2D eigenvalue weighted by molar-refractivity contribution is -0.139. The van der Waals surface area contributed by atoms with Crippen molar-refractivity contribution in [2.45, 2.75) is 46.7 Å². The zero-order valence-electron chi connectivity index (χ0n) is 13.0. The number of aliphatic carboxylic acids is 1. The van der Waals surface area contributed by atoms with Gasteiger partial charge in [0.15, 0.2) is 0 Å². The maximum absolute atomic E-state index is 11.0. The summed E-state index contributed by atoms with van der Waals surface area (Å²) in [7, 11) is 0. The fourth-order valence-corrected chi connectivity index (χ4v) is 2.40. The molecule has 0 saturated heterocycles. The maximum Gasteiger partial charge on any atom is 0.317 e. The summed E-state index contributed by atoms with van der Waals surface area (Å²) in [5.41, 5.74) is 2.85. The fraction of sp³-hybridized carbons (Fsp3) is 0.533. The first-order valence-electron chi connectivity index (χ1n) is 7.18. The molecule has 6 heteroatoms. The van der Waals surface area contributed by atoms with Gasteiger partial charge < -0.3 is 5.11 Å². The lowest BCUT2D eigenvalue weighted by Gasteiger charge is -2.25. The summed E-state index contributed by atoms with van der Waals surface area (Å²) >= 11 is 0. The van der Waals surface area contributed by atoms with Gasteiger partial charge in [-0.3, -0.25) is 14.1 Å². The molecule has 0 aliphatic rings. The van der Waals surface area contributed by atoms with E-state index in [4.69, 9.17) is 5.11 Å². The van der Waals surface area contributed by atoms with Gasteiger partial charge in [0.1, 0.15) is 0 Å². The SMILES string of the molecule is CCC(C)N(CC(=O)O)Cc1cn2c(C)cc(C)nc2n1. The molecule has 2 aromatic heterocycles. The molecule has 0 spiro atoms. The maximum atomic E-state index is 11.0. The Morgan fingerprint density at radius 2 is 2.14 bits per heavy atom. The smallest absolute Gasteiger partial charge is 0.317 e. The van der Waals surface area contributed by atoms with Gasteiger partial charge >= 0.3 is 5.97 Å². The van der Waals surface area contributed by atoms with E-state index >= 15 is 0 Å². The molecule has 6 nitrogen and oxygen atoms in total. The number of imidazole rings is 1. The third-order valence-corrected chi connectivity index (χ3v) is 3.73. The van der Waals surface area contributed by atoms with Crippen molar-refractivity contribution in [2.75, 3.05) is 6.54 Å². The minimum Gasteiger partial charge on any atom is -0.480 e. The van der Waals surface area contributed by atoms with Crippen LogP contribution in [0, 0.1) is 13.8 Å². The number of hydrogen-bond acceptors (Lipinski definition) is 4. The molecule has 1 unspecified atom stereocenters. The van der Waals surface area contributed by atoms with E-state index in [0.29, 0.717) is 12.3 Å². The predicted octanol–water partition coefficient (Wildman–Crippen LogP) is 2.03. The minimum absolute atomic E-state index is 0.0221. The number of carboxylic acids is 1. The summed E-state index contributed by atoms with van der Waals surface area (Å²) < 4.78 is 1.94. The molecule has 114 valence electrons. The molecule has 0 amide bonds. The van der Waals surface area contributed by atoms with Gasteiger partial charge in [-0.1, -0.05) is 6.92 Å². The van der Waals surface area contributed by atoms with Gasteiger partial charge in [0.2, 0.25) is 5.78 Å². The fourth-order valence-electron chi connectivity index (χ4n) is 2.40. The van der Waals surface area contributed by atoms with Crippen LogP contribution in [0.4, 0.5) is 0 Å². The Kier molecular flexibility index (Phi) is 4.57. The van der Waals surface area contributed by atoms with Crippen LogP contribution in [0.1, 0.15) is 37.4 Å². The Balaban J connectivity index is 2.28. The number of carboxylic acid groups (broad SMARTS) is 1. The molecule has 2 rings (SSSR count). The second-order valence-electron chi connectivity index (χ2n) is 5.50. The monoisotopic (exact) mass is 290 g/mol. The van der Waals surface area contributed by atoms with Crippen molar-refractivity contribution in [3.05, 3.63) is 29.3 Å². The number of fused-ring (bicyclic) bond motifs is 1. The van der Waals surface area contributed by atoms with Gasteiger partial charge in [-0.25, -0.2) is 9.97 Å². The van der Waals surface area contributed by atoms with Gasteiger partial charge in [0.25, 0.3) is 0 Å². The molecule has 1 atom stereocenters. The molecular formula is C15H22N4O2. The Morgan fingerprint density at radius 3 is 2.76 bits per heavy atom. The Hall–Kier alpha value is -1.95. The lowest BCUT2D eigenvalue weighted by Crippen LogP contribution is -2.36. The molecule has 0 bridgehead atoms. The van der Waals surface area contributed by atoms with Crippen LogP contribution in [0.15, 0.2) is 12.3 Å². The third kappa shape index (κ3) is 3.58. The van der Waals surface area contributed by atoms with E-state index in [9.17, 15) is 4.79 Å². The highest BCUT2D eigenvalue weighted by Gasteiger charge is 2.17. The van der Waals surface area contributed by atoms with Crippen LogP contribution < -0.4 is 0 Å². The third-order valence-electron chi connectivity index (χ3n) is 3.73. The summed E-state index contributed by atoms with van der Waals surface area (Å²) in [5.74, 6) is -0.147. The first kappa shape index (κ1) is 15.4. The van der Waals surface area contributed by atoms with Crippen LogP contribution in [0.5, 0.6) is 0 Å². The number of carbonyl (C=O) groups is 1. The summed E-state index contributed by atoms with van der Waals surface area (Å²) in [6.45, 7) is 8.58. The van der Waals surface area contributed by atoms with Gasteiger partial charge in [0, 0.05) is 30.2 Å². The van der Waals surface area contributed by atoms with E-state index in [1.54, 1.807) is 0 Å². The van der Waals surface area contributed by atoms with Crippen molar-refractivity contribution >= 4 is 11.7 Å². The molecule has 2 aromatic rings. The van der Waals surface area contributed by atoms with E-state index in [0.717, 1.165) is 23.5 Å². The number of hydrogen-bond donors (Lipinski definition) is 1. The molecule has 0 aromatic carbocycles. The number of nitrogens with zero attached hydrogens (tertiary/aromatic N) is 4. The van der Waals surface area contributed by atoms with Crippen molar-refractivity contribution in [3.63, 3.8) is 0 Å². The van der Waals surface area contributed by atoms with Crippen LogP contribution in [-0.2, 0) is 11.3 Å². The molecule has 0 radical (unpaired) electrons. The highest BCUT2D eigenvalue weighted by Crippen LogP contribution is 2.13. The molecule has 2 heterocycles. The summed E-state index contributed by atoms with van der Waals surface area (Å²) in [6, 6.07) is 2.20. The largest absolute Gasteiger partial charge is 0.480 e. The molecular weight excluding hydrogens is 268 g/mol.